The zero-order valence-corrected chi connectivity index (χ0v) is 14.2. The minimum absolute atomic E-state index is 1.05. The van der Waals surface area contributed by atoms with Crippen LogP contribution < -0.4 is 0 Å². The van der Waals surface area contributed by atoms with Crippen molar-refractivity contribution in [2.75, 3.05) is 0 Å². The monoisotopic (exact) mass is 309 g/mol. The lowest BCUT2D eigenvalue weighted by molar-refractivity contribution is 1.18. The second-order valence-electron chi connectivity index (χ2n) is 6.30. The van der Waals surface area contributed by atoms with E-state index in [2.05, 4.69) is 90.9 Å². The molecule has 1 aromatic heterocycles. The summed E-state index contributed by atoms with van der Waals surface area (Å²) in [4.78, 5) is 0. The van der Waals surface area contributed by atoms with Crippen LogP contribution in [0.1, 0.15) is 23.6 Å². The van der Waals surface area contributed by atoms with Crippen LogP contribution in [0.25, 0.3) is 27.5 Å². The van der Waals surface area contributed by atoms with Gasteiger partial charge < -0.3 is 4.57 Å². The Morgan fingerprint density at radius 2 is 1.25 bits per heavy atom. The number of fused-ring (bicyclic) bond motifs is 3. The first kappa shape index (κ1) is 14.6. The van der Waals surface area contributed by atoms with Crippen LogP contribution in [0.5, 0.6) is 0 Å². The van der Waals surface area contributed by atoms with Gasteiger partial charge in [0.15, 0.2) is 0 Å². The Kier molecular flexibility index (Phi) is 3.40. The quantitative estimate of drug-likeness (QED) is 0.393. The van der Waals surface area contributed by atoms with Gasteiger partial charge in [-0.25, -0.2) is 0 Å². The fourth-order valence-corrected chi connectivity index (χ4v) is 3.37. The second-order valence-corrected chi connectivity index (χ2v) is 6.30. The van der Waals surface area contributed by atoms with E-state index in [1.54, 1.807) is 0 Å². The molecule has 0 atom stereocenters. The van der Waals surface area contributed by atoms with E-state index in [9.17, 15) is 0 Å². The highest BCUT2D eigenvalue weighted by atomic mass is 15.0. The smallest absolute Gasteiger partial charge is 0.0541 e. The van der Waals surface area contributed by atoms with Gasteiger partial charge in [-0.15, -0.1) is 5.92 Å². The van der Waals surface area contributed by atoms with Crippen LogP contribution in [-0.4, -0.2) is 4.57 Å². The number of hydrogen-bond donors (Lipinski definition) is 0. The average Bonchev–Trinajstić information content (AvgIpc) is 2.89. The molecule has 0 unspecified atom stereocenters. The number of aromatic nitrogens is 1. The normalized spacial score (nSPS) is 10.8. The molecular weight excluding hydrogens is 290 g/mol. The molecule has 24 heavy (non-hydrogen) atoms. The standard InChI is InChI=1S/C23H19N/c1-4-5-18-8-10-19(11-9-18)24-22-12-6-16(2)14-20(22)21-15-17(3)7-13-23(21)24/h6-15H,1-3H3. The van der Waals surface area contributed by atoms with Gasteiger partial charge in [0.2, 0.25) is 0 Å². The summed E-state index contributed by atoms with van der Waals surface area (Å²) in [5.74, 6) is 6.06. The van der Waals surface area contributed by atoms with E-state index in [1.807, 2.05) is 6.92 Å². The van der Waals surface area contributed by atoms with E-state index in [0.29, 0.717) is 0 Å². The summed E-state index contributed by atoms with van der Waals surface area (Å²) >= 11 is 0. The van der Waals surface area contributed by atoms with Gasteiger partial charge in [0.25, 0.3) is 0 Å². The highest BCUT2D eigenvalue weighted by Crippen LogP contribution is 2.33. The van der Waals surface area contributed by atoms with Gasteiger partial charge in [0.1, 0.15) is 0 Å². The summed E-state index contributed by atoms with van der Waals surface area (Å²) in [7, 11) is 0. The summed E-state index contributed by atoms with van der Waals surface area (Å²) in [6.07, 6.45) is 0. The number of benzene rings is 3. The molecule has 1 heterocycles. The highest BCUT2D eigenvalue weighted by Gasteiger charge is 2.12. The van der Waals surface area contributed by atoms with E-state index < -0.39 is 0 Å². The molecular formula is C23H19N. The van der Waals surface area contributed by atoms with Crippen molar-refractivity contribution in [2.45, 2.75) is 20.8 Å². The Labute approximate surface area is 142 Å². The van der Waals surface area contributed by atoms with Crippen LogP contribution in [0.15, 0.2) is 60.7 Å². The number of aryl methyl sites for hydroxylation is 2. The van der Waals surface area contributed by atoms with Crippen LogP contribution in [0, 0.1) is 25.7 Å². The number of nitrogens with zero attached hydrogens (tertiary/aromatic N) is 1. The average molecular weight is 309 g/mol. The van der Waals surface area contributed by atoms with Gasteiger partial charge in [-0.1, -0.05) is 29.2 Å². The van der Waals surface area contributed by atoms with Crippen LogP contribution in [0.4, 0.5) is 0 Å². The molecule has 0 fully saturated rings. The molecule has 0 aliphatic heterocycles. The van der Waals surface area contributed by atoms with Gasteiger partial charge in [0.05, 0.1) is 11.0 Å². The molecule has 0 saturated carbocycles. The molecule has 0 amide bonds. The molecule has 0 aliphatic carbocycles. The minimum Gasteiger partial charge on any atom is -0.309 e. The number of hydrogen-bond acceptors (Lipinski definition) is 0. The predicted molar refractivity (Wildman–Crippen MR) is 103 cm³/mol. The van der Waals surface area contributed by atoms with Gasteiger partial charge >= 0.3 is 0 Å². The van der Waals surface area contributed by atoms with Crippen LogP contribution in [0.2, 0.25) is 0 Å². The van der Waals surface area contributed by atoms with Crippen molar-refractivity contribution in [3.63, 3.8) is 0 Å². The summed E-state index contributed by atoms with van der Waals surface area (Å²) < 4.78 is 2.34. The fraction of sp³-hybridized carbons (Fsp3) is 0.130. The van der Waals surface area contributed by atoms with E-state index in [-0.39, 0.29) is 0 Å². The lowest BCUT2D eigenvalue weighted by Crippen LogP contribution is -1.93. The molecule has 0 spiro atoms. The molecule has 4 aromatic rings. The van der Waals surface area contributed by atoms with E-state index in [1.165, 1.54) is 38.6 Å². The first-order valence-corrected chi connectivity index (χ1v) is 8.22. The maximum atomic E-state index is 3.11. The summed E-state index contributed by atoms with van der Waals surface area (Å²) in [5.41, 5.74) is 7.29. The Bertz CT molecular complexity index is 1060. The van der Waals surface area contributed by atoms with Gasteiger partial charge in [-0.2, -0.15) is 0 Å². The van der Waals surface area contributed by atoms with Crippen molar-refractivity contribution in [2.24, 2.45) is 0 Å². The lowest BCUT2D eigenvalue weighted by atomic mass is 10.1. The third kappa shape index (κ3) is 2.28. The first-order chi connectivity index (χ1) is 11.7. The van der Waals surface area contributed by atoms with E-state index >= 15 is 0 Å². The molecule has 0 aliphatic rings. The van der Waals surface area contributed by atoms with Crippen molar-refractivity contribution in [3.8, 4) is 17.5 Å². The topological polar surface area (TPSA) is 4.93 Å². The molecule has 0 saturated heterocycles. The van der Waals surface area contributed by atoms with E-state index in [0.717, 1.165) is 5.56 Å². The summed E-state index contributed by atoms with van der Waals surface area (Å²) in [6.45, 7) is 6.17. The molecule has 0 N–H and O–H groups in total. The SMILES string of the molecule is CC#Cc1ccc(-n2c3ccc(C)cc3c3cc(C)ccc32)cc1. The van der Waals surface area contributed by atoms with Crippen molar-refractivity contribution < 1.29 is 0 Å². The Balaban J connectivity index is 2.07. The summed E-state index contributed by atoms with van der Waals surface area (Å²) in [6, 6.07) is 21.9. The van der Waals surface area contributed by atoms with Gasteiger partial charge in [-0.05, 0) is 69.3 Å². The van der Waals surface area contributed by atoms with Gasteiger partial charge in [-0.3, -0.25) is 0 Å². The molecule has 0 radical (unpaired) electrons. The van der Waals surface area contributed by atoms with Crippen molar-refractivity contribution >= 4 is 21.8 Å². The van der Waals surface area contributed by atoms with Crippen LogP contribution in [-0.2, 0) is 0 Å². The maximum Gasteiger partial charge on any atom is 0.0541 e. The zero-order chi connectivity index (χ0) is 16.7. The predicted octanol–water partition coefficient (Wildman–Crippen LogP) is 5.77. The van der Waals surface area contributed by atoms with Gasteiger partial charge in [0, 0.05) is 22.0 Å². The molecule has 1 nitrogen and oxygen atoms in total. The van der Waals surface area contributed by atoms with E-state index in [4.69, 9.17) is 0 Å². The van der Waals surface area contributed by atoms with Crippen molar-refractivity contribution in [1.29, 1.82) is 0 Å². The molecule has 0 bridgehead atoms. The van der Waals surface area contributed by atoms with Crippen molar-refractivity contribution in [1.82, 2.24) is 4.57 Å². The molecule has 4 rings (SSSR count). The molecule has 1 heteroatoms. The third-order valence-corrected chi connectivity index (χ3v) is 4.47. The zero-order valence-electron chi connectivity index (χ0n) is 14.2. The first-order valence-electron chi connectivity index (χ1n) is 8.22. The lowest BCUT2D eigenvalue weighted by Gasteiger charge is -2.08. The Morgan fingerprint density at radius 3 is 1.75 bits per heavy atom. The van der Waals surface area contributed by atoms with Crippen molar-refractivity contribution in [3.05, 3.63) is 77.4 Å². The minimum atomic E-state index is 1.05. The fourth-order valence-electron chi connectivity index (χ4n) is 3.37. The summed E-state index contributed by atoms with van der Waals surface area (Å²) in [5, 5.41) is 2.62. The maximum absolute atomic E-state index is 3.11. The van der Waals surface area contributed by atoms with Crippen LogP contribution >= 0.6 is 0 Å². The number of rotatable bonds is 1. The Hall–Kier alpha value is -2.98. The van der Waals surface area contributed by atoms with Crippen LogP contribution in [0.3, 0.4) is 0 Å². The molecule has 3 aromatic carbocycles. The highest BCUT2D eigenvalue weighted by molar-refractivity contribution is 6.09. The second kappa shape index (κ2) is 5.58. The largest absolute Gasteiger partial charge is 0.309 e. The third-order valence-electron chi connectivity index (χ3n) is 4.47. The molecule has 116 valence electrons. The Morgan fingerprint density at radius 1 is 0.708 bits per heavy atom.